The van der Waals surface area contributed by atoms with Gasteiger partial charge >= 0.3 is 0 Å². The normalized spacial score (nSPS) is 23.6. The van der Waals surface area contributed by atoms with Gasteiger partial charge in [0.1, 0.15) is 5.75 Å². The number of amides is 1. The molecule has 1 spiro atoms. The van der Waals surface area contributed by atoms with Crippen LogP contribution >= 0.6 is 0 Å². The van der Waals surface area contributed by atoms with Crippen LogP contribution in [0.5, 0.6) is 5.75 Å². The molecule has 1 saturated carbocycles. The molecule has 1 saturated heterocycles. The van der Waals surface area contributed by atoms with Crippen molar-refractivity contribution in [1.82, 2.24) is 9.88 Å². The van der Waals surface area contributed by atoms with Crippen LogP contribution in [0.15, 0.2) is 42.5 Å². The van der Waals surface area contributed by atoms with Crippen LogP contribution < -0.4 is 10.1 Å². The highest BCUT2D eigenvalue weighted by molar-refractivity contribution is 7.85. The highest BCUT2D eigenvalue weighted by Gasteiger charge is 2.57. The van der Waals surface area contributed by atoms with Crippen LogP contribution in [-0.4, -0.2) is 45.1 Å². The predicted octanol–water partition coefficient (Wildman–Crippen LogP) is 4.59. The Kier molecular flexibility index (Phi) is 5.41. The minimum Gasteiger partial charge on any atom is -0.497 e. The standard InChI is InChI=1S/C29H32N2O4S/c1-28(2)17-29(11-12-29)24-22-14-19(27(33)30-20-10-13-36(34)16-20)6-9-23(22)31(25(24)26(28)32)15-18-4-7-21(35-3)8-5-18/h4-9,14,20H,10-13,15-17H2,1-3H3,(H,30,33). The van der Waals surface area contributed by atoms with Gasteiger partial charge in [-0.25, -0.2) is 0 Å². The molecule has 2 heterocycles. The Labute approximate surface area is 213 Å². The third-order valence-corrected chi connectivity index (χ3v) is 9.70. The number of hydrogen-bond donors (Lipinski definition) is 1. The number of methoxy groups -OCH3 is 1. The van der Waals surface area contributed by atoms with Gasteiger partial charge in [-0.2, -0.15) is 0 Å². The zero-order chi connectivity index (χ0) is 25.2. The van der Waals surface area contributed by atoms with Crippen LogP contribution in [0, 0.1) is 5.41 Å². The van der Waals surface area contributed by atoms with Gasteiger partial charge in [0.2, 0.25) is 0 Å². The Morgan fingerprint density at radius 2 is 1.92 bits per heavy atom. The van der Waals surface area contributed by atoms with E-state index < -0.39 is 16.2 Å². The van der Waals surface area contributed by atoms with E-state index in [1.54, 1.807) is 7.11 Å². The maximum Gasteiger partial charge on any atom is 0.251 e. The number of ether oxygens (including phenoxy) is 1. The molecule has 6 nitrogen and oxygen atoms in total. The van der Waals surface area contributed by atoms with E-state index >= 15 is 0 Å². The van der Waals surface area contributed by atoms with Crippen LogP contribution in [0.25, 0.3) is 10.9 Å². The fourth-order valence-corrected chi connectivity index (χ4v) is 7.72. The van der Waals surface area contributed by atoms with Gasteiger partial charge in [-0.1, -0.05) is 26.0 Å². The van der Waals surface area contributed by atoms with Gasteiger partial charge in [-0.3, -0.25) is 13.8 Å². The van der Waals surface area contributed by atoms with Gasteiger partial charge in [-0.15, -0.1) is 0 Å². The second-order valence-corrected chi connectivity index (χ2v) is 13.0. The average Bonchev–Trinajstić information content (AvgIpc) is 3.36. The second-order valence-electron chi connectivity index (χ2n) is 11.3. The molecule has 0 radical (unpaired) electrons. The number of rotatable bonds is 5. The Balaban J connectivity index is 1.47. The van der Waals surface area contributed by atoms with Crippen molar-refractivity contribution in [2.24, 2.45) is 5.41 Å². The van der Waals surface area contributed by atoms with E-state index in [4.69, 9.17) is 4.74 Å². The lowest BCUT2D eigenvalue weighted by molar-refractivity contribution is 0.0776. The summed E-state index contributed by atoms with van der Waals surface area (Å²) in [6, 6.07) is 13.8. The lowest BCUT2D eigenvalue weighted by Crippen LogP contribution is -2.37. The van der Waals surface area contributed by atoms with Crippen molar-refractivity contribution in [3.05, 3.63) is 64.8 Å². The molecule has 1 amide bonds. The van der Waals surface area contributed by atoms with Gasteiger partial charge in [0, 0.05) is 56.8 Å². The van der Waals surface area contributed by atoms with E-state index in [-0.39, 0.29) is 23.1 Å². The van der Waals surface area contributed by atoms with E-state index in [1.807, 2.05) is 42.5 Å². The van der Waals surface area contributed by atoms with Crippen molar-refractivity contribution in [3.63, 3.8) is 0 Å². The minimum absolute atomic E-state index is 0.00754. The molecule has 2 unspecified atom stereocenters. The van der Waals surface area contributed by atoms with E-state index in [1.165, 1.54) is 0 Å². The van der Waals surface area contributed by atoms with E-state index in [0.29, 0.717) is 23.6 Å². The Morgan fingerprint density at radius 1 is 1.17 bits per heavy atom. The molecular formula is C29H32N2O4S. The number of ketones is 1. The molecule has 3 aromatic rings. The summed E-state index contributed by atoms with van der Waals surface area (Å²) in [4.78, 5) is 27.0. The smallest absolute Gasteiger partial charge is 0.251 e. The number of carbonyl (C=O) groups is 2. The number of benzene rings is 2. The first-order valence-corrected chi connectivity index (χ1v) is 14.2. The topological polar surface area (TPSA) is 77.4 Å². The number of fused-ring (bicyclic) bond motifs is 4. The molecular weight excluding hydrogens is 472 g/mol. The molecule has 7 heteroatoms. The molecule has 1 aliphatic heterocycles. The number of nitrogens with one attached hydrogen (secondary N) is 1. The summed E-state index contributed by atoms with van der Waals surface area (Å²) in [7, 11) is 0.808. The number of carbonyl (C=O) groups excluding carboxylic acids is 2. The van der Waals surface area contributed by atoms with Crippen molar-refractivity contribution < 1.29 is 18.5 Å². The number of hydrogen-bond acceptors (Lipinski definition) is 4. The molecule has 6 rings (SSSR count). The van der Waals surface area contributed by atoms with Gasteiger partial charge in [-0.05, 0) is 72.6 Å². The lowest BCUT2D eigenvalue weighted by Gasteiger charge is -2.35. The fourth-order valence-electron chi connectivity index (χ4n) is 6.31. The molecule has 1 aromatic heterocycles. The summed E-state index contributed by atoms with van der Waals surface area (Å²) in [5, 5.41) is 4.08. The summed E-state index contributed by atoms with van der Waals surface area (Å²) >= 11 is 0. The second kappa shape index (κ2) is 8.30. The zero-order valence-corrected chi connectivity index (χ0v) is 21.9. The van der Waals surface area contributed by atoms with Crippen LogP contribution in [0.3, 0.4) is 0 Å². The van der Waals surface area contributed by atoms with Crippen molar-refractivity contribution in [2.45, 2.75) is 57.5 Å². The van der Waals surface area contributed by atoms with Crippen molar-refractivity contribution >= 4 is 33.4 Å². The molecule has 188 valence electrons. The maximum absolute atomic E-state index is 13.9. The number of aromatic nitrogens is 1. The summed E-state index contributed by atoms with van der Waals surface area (Å²) in [5.74, 6) is 2.01. The Hall–Kier alpha value is -2.93. The largest absolute Gasteiger partial charge is 0.497 e. The predicted molar refractivity (Wildman–Crippen MR) is 141 cm³/mol. The van der Waals surface area contributed by atoms with Crippen LogP contribution in [0.1, 0.15) is 71.5 Å². The van der Waals surface area contributed by atoms with Crippen molar-refractivity contribution in [1.29, 1.82) is 0 Å². The van der Waals surface area contributed by atoms with Gasteiger partial charge in [0.15, 0.2) is 5.78 Å². The Morgan fingerprint density at radius 3 is 2.56 bits per heavy atom. The molecule has 2 aliphatic carbocycles. The van der Waals surface area contributed by atoms with Crippen LogP contribution in [-0.2, 0) is 22.8 Å². The van der Waals surface area contributed by atoms with Gasteiger partial charge < -0.3 is 14.6 Å². The Bertz CT molecular complexity index is 1420. The SMILES string of the molecule is COc1ccc(Cn2c3c(c4cc(C(=O)NC5CCS(=O)C5)ccc42)C2(CC2)CC(C)(C)C3=O)cc1. The summed E-state index contributed by atoms with van der Waals surface area (Å²) < 4.78 is 19.3. The molecule has 2 atom stereocenters. The van der Waals surface area contributed by atoms with Crippen LogP contribution in [0.2, 0.25) is 0 Å². The highest BCUT2D eigenvalue weighted by Crippen LogP contribution is 2.61. The number of Topliss-reactive ketones (excluding diaryl/α,β-unsaturated/α-hetero) is 1. The zero-order valence-electron chi connectivity index (χ0n) is 21.1. The van der Waals surface area contributed by atoms with Gasteiger partial charge in [0.05, 0.1) is 12.8 Å². The van der Waals surface area contributed by atoms with Gasteiger partial charge in [0.25, 0.3) is 5.91 Å². The van der Waals surface area contributed by atoms with E-state index in [2.05, 4.69) is 23.7 Å². The third kappa shape index (κ3) is 3.79. The molecule has 36 heavy (non-hydrogen) atoms. The minimum atomic E-state index is -0.845. The van der Waals surface area contributed by atoms with Crippen molar-refractivity contribution in [2.75, 3.05) is 18.6 Å². The molecule has 1 N–H and O–H groups in total. The molecule has 2 aromatic carbocycles. The first-order chi connectivity index (χ1) is 17.2. The third-order valence-electron chi connectivity index (χ3n) is 8.24. The summed E-state index contributed by atoms with van der Waals surface area (Å²) in [6.45, 7) is 4.71. The first kappa shape index (κ1) is 23.5. The van der Waals surface area contributed by atoms with Crippen molar-refractivity contribution in [3.8, 4) is 5.75 Å². The first-order valence-electron chi connectivity index (χ1n) is 12.7. The molecule has 0 bridgehead atoms. The summed E-state index contributed by atoms with van der Waals surface area (Å²) in [5.41, 5.74) is 4.20. The van der Waals surface area contributed by atoms with Crippen LogP contribution in [0.4, 0.5) is 0 Å². The summed E-state index contributed by atoms with van der Waals surface area (Å²) in [6.07, 6.45) is 3.74. The maximum atomic E-state index is 13.9. The average molecular weight is 505 g/mol. The van der Waals surface area contributed by atoms with E-state index in [0.717, 1.165) is 59.2 Å². The highest BCUT2D eigenvalue weighted by atomic mass is 32.2. The van der Waals surface area contributed by atoms with E-state index in [9.17, 15) is 13.8 Å². The fraction of sp³-hybridized carbons (Fsp3) is 0.448. The molecule has 3 aliphatic rings. The molecule has 2 fully saturated rings. The quantitative estimate of drug-likeness (QED) is 0.551. The lowest BCUT2D eigenvalue weighted by atomic mass is 9.68. The number of nitrogens with zero attached hydrogens (tertiary/aromatic N) is 1. The monoisotopic (exact) mass is 504 g/mol.